The summed E-state index contributed by atoms with van der Waals surface area (Å²) >= 11 is 6.15. The molecule has 0 radical (unpaired) electrons. The maximum absolute atomic E-state index is 13.1. The van der Waals surface area contributed by atoms with Crippen LogP contribution in [0.4, 0.5) is 0 Å². The van der Waals surface area contributed by atoms with Gasteiger partial charge in [0, 0.05) is 17.5 Å². The summed E-state index contributed by atoms with van der Waals surface area (Å²) in [7, 11) is 1.68. The maximum atomic E-state index is 13.1. The van der Waals surface area contributed by atoms with Crippen molar-refractivity contribution in [2.45, 2.75) is 18.9 Å². The minimum atomic E-state index is -0.149. The SMILES string of the molecule is COc1ccccc1[C@@H](CNC(=O)c1cc(Cl)nc2ccccc12)N1CCCC1. The number of nitrogens with zero attached hydrogens (tertiary/aromatic N) is 2. The van der Waals surface area contributed by atoms with Crippen LogP contribution in [0.1, 0.15) is 34.8 Å². The van der Waals surface area contributed by atoms with Crippen molar-refractivity contribution in [3.63, 3.8) is 0 Å². The molecule has 4 rings (SSSR count). The second-order valence-corrected chi connectivity index (χ2v) is 7.61. The summed E-state index contributed by atoms with van der Waals surface area (Å²) in [5.74, 6) is 0.695. The molecule has 1 atom stereocenters. The molecule has 1 N–H and O–H groups in total. The first kappa shape index (κ1) is 19.7. The number of hydrogen-bond acceptors (Lipinski definition) is 4. The predicted molar refractivity (Wildman–Crippen MR) is 116 cm³/mol. The molecular formula is C23H24ClN3O2. The number of rotatable bonds is 6. The molecule has 0 aliphatic carbocycles. The van der Waals surface area contributed by atoms with Gasteiger partial charge in [-0.05, 0) is 44.1 Å². The highest BCUT2D eigenvalue weighted by molar-refractivity contribution is 6.30. The van der Waals surface area contributed by atoms with Crippen LogP contribution in [0.5, 0.6) is 5.75 Å². The molecule has 1 aliphatic heterocycles. The Kier molecular flexibility index (Phi) is 5.97. The highest BCUT2D eigenvalue weighted by Crippen LogP contribution is 2.31. The summed E-state index contributed by atoms with van der Waals surface area (Å²) in [6, 6.07) is 17.3. The average Bonchev–Trinajstić information content (AvgIpc) is 3.28. The molecule has 1 aromatic heterocycles. The van der Waals surface area contributed by atoms with Crippen LogP contribution in [0, 0.1) is 0 Å². The first-order valence-corrected chi connectivity index (χ1v) is 10.3. The van der Waals surface area contributed by atoms with E-state index >= 15 is 0 Å². The third kappa shape index (κ3) is 4.21. The predicted octanol–water partition coefficient (Wildman–Crippen LogP) is 4.46. The number of methoxy groups -OCH3 is 1. The van der Waals surface area contributed by atoms with Gasteiger partial charge >= 0.3 is 0 Å². The normalized spacial score (nSPS) is 15.4. The third-order valence-electron chi connectivity index (χ3n) is 5.46. The standard InChI is InChI=1S/C23H24ClN3O2/c1-29-21-11-5-3-9-17(21)20(27-12-6-7-13-27)15-25-23(28)18-14-22(24)26-19-10-4-2-8-16(18)19/h2-5,8-11,14,20H,6-7,12-13,15H2,1H3,(H,25,28)/t20-/m1/s1. The van der Waals surface area contributed by atoms with Crippen LogP contribution < -0.4 is 10.1 Å². The molecule has 3 aromatic rings. The summed E-state index contributed by atoms with van der Waals surface area (Å²) in [4.78, 5) is 19.8. The molecule has 5 nitrogen and oxygen atoms in total. The number of hydrogen-bond donors (Lipinski definition) is 1. The molecule has 1 saturated heterocycles. The molecule has 1 amide bonds. The van der Waals surface area contributed by atoms with Gasteiger partial charge in [-0.3, -0.25) is 9.69 Å². The van der Waals surface area contributed by atoms with E-state index in [0.717, 1.165) is 29.8 Å². The maximum Gasteiger partial charge on any atom is 0.252 e. The fourth-order valence-electron chi connectivity index (χ4n) is 4.05. The second-order valence-electron chi connectivity index (χ2n) is 7.22. The van der Waals surface area contributed by atoms with E-state index in [1.807, 2.05) is 42.5 Å². The highest BCUT2D eigenvalue weighted by Gasteiger charge is 2.26. The minimum Gasteiger partial charge on any atom is -0.496 e. The van der Waals surface area contributed by atoms with Gasteiger partial charge in [0.2, 0.25) is 0 Å². The zero-order valence-corrected chi connectivity index (χ0v) is 17.2. The lowest BCUT2D eigenvalue weighted by atomic mass is 10.0. The monoisotopic (exact) mass is 409 g/mol. The zero-order chi connectivity index (χ0) is 20.2. The van der Waals surface area contributed by atoms with Crippen molar-refractivity contribution in [2.75, 3.05) is 26.7 Å². The Labute approximate surface area is 175 Å². The van der Waals surface area contributed by atoms with Gasteiger partial charge in [-0.2, -0.15) is 0 Å². The number of halogens is 1. The summed E-state index contributed by atoms with van der Waals surface area (Å²) in [5.41, 5.74) is 2.35. The van der Waals surface area contributed by atoms with E-state index in [9.17, 15) is 4.79 Å². The molecule has 2 aromatic carbocycles. The lowest BCUT2D eigenvalue weighted by molar-refractivity contribution is 0.0939. The van der Waals surface area contributed by atoms with E-state index in [1.165, 1.54) is 12.8 Å². The molecular weight excluding hydrogens is 386 g/mol. The van der Waals surface area contributed by atoms with Crippen molar-refractivity contribution in [2.24, 2.45) is 0 Å². The third-order valence-corrected chi connectivity index (χ3v) is 5.66. The topological polar surface area (TPSA) is 54.5 Å². The number of pyridine rings is 1. The Bertz CT molecular complexity index is 1020. The molecule has 6 heteroatoms. The first-order chi connectivity index (χ1) is 14.2. The van der Waals surface area contributed by atoms with Crippen LogP contribution in [0.25, 0.3) is 10.9 Å². The zero-order valence-electron chi connectivity index (χ0n) is 16.4. The summed E-state index contributed by atoms with van der Waals surface area (Å²) < 4.78 is 5.59. The van der Waals surface area contributed by atoms with Gasteiger partial charge in [0.1, 0.15) is 10.9 Å². The van der Waals surface area contributed by atoms with Crippen LogP contribution in [-0.2, 0) is 0 Å². The molecule has 2 heterocycles. The van der Waals surface area contributed by atoms with Gasteiger partial charge in [-0.1, -0.05) is 48.0 Å². The number of fused-ring (bicyclic) bond motifs is 1. The number of amides is 1. The summed E-state index contributed by atoms with van der Waals surface area (Å²) in [6.45, 7) is 2.53. The minimum absolute atomic E-state index is 0.0566. The van der Waals surface area contributed by atoms with E-state index in [0.29, 0.717) is 22.8 Å². The van der Waals surface area contributed by atoms with Crippen LogP contribution >= 0.6 is 11.6 Å². The van der Waals surface area contributed by atoms with Crippen LogP contribution in [0.2, 0.25) is 5.15 Å². The van der Waals surface area contributed by atoms with Gasteiger partial charge in [0.05, 0.1) is 24.2 Å². The van der Waals surface area contributed by atoms with Gasteiger partial charge < -0.3 is 10.1 Å². The smallest absolute Gasteiger partial charge is 0.252 e. The number of carbonyl (C=O) groups is 1. The van der Waals surface area contributed by atoms with E-state index in [1.54, 1.807) is 13.2 Å². The Hall–Kier alpha value is -2.63. The fourth-order valence-corrected chi connectivity index (χ4v) is 4.25. The van der Waals surface area contributed by atoms with Crippen molar-refractivity contribution in [1.82, 2.24) is 15.2 Å². The fraction of sp³-hybridized carbons (Fsp3) is 0.304. The van der Waals surface area contributed by atoms with E-state index in [4.69, 9.17) is 16.3 Å². The van der Waals surface area contributed by atoms with Gasteiger partial charge in [-0.15, -0.1) is 0 Å². The number of para-hydroxylation sites is 2. The summed E-state index contributed by atoms with van der Waals surface area (Å²) in [6.07, 6.45) is 2.34. The summed E-state index contributed by atoms with van der Waals surface area (Å²) in [5, 5.41) is 4.23. The molecule has 150 valence electrons. The van der Waals surface area contributed by atoms with Gasteiger partial charge in [0.15, 0.2) is 0 Å². The number of ether oxygens (including phenoxy) is 1. The molecule has 29 heavy (non-hydrogen) atoms. The quantitative estimate of drug-likeness (QED) is 0.610. The lowest BCUT2D eigenvalue weighted by Crippen LogP contribution is -2.37. The molecule has 1 aliphatic rings. The Morgan fingerprint density at radius 2 is 1.90 bits per heavy atom. The number of benzene rings is 2. The number of nitrogens with one attached hydrogen (secondary N) is 1. The Morgan fingerprint density at radius 1 is 1.17 bits per heavy atom. The van der Waals surface area contributed by atoms with E-state index in [2.05, 4.69) is 21.3 Å². The highest BCUT2D eigenvalue weighted by atomic mass is 35.5. The average molecular weight is 410 g/mol. The van der Waals surface area contributed by atoms with Gasteiger partial charge in [-0.25, -0.2) is 4.98 Å². The molecule has 0 bridgehead atoms. The van der Waals surface area contributed by atoms with E-state index < -0.39 is 0 Å². The second kappa shape index (κ2) is 8.80. The van der Waals surface area contributed by atoms with Crippen LogP contribution in [0.3, 0.4) is 0 Å². The van der Waals surface area contributed by atoms with Crippen molar-refractivity contribution >= 4 is 28.4 Å². The van der Waals surface area contributed by atoms with Crippen molar-refractivity contribution < 1.29 is 9.53 Å². The first-order valence-electron chi connectivity index (χ1n) is 9.88. The van der Waals surface area contributed by atoms with Crippen molar-refractivity contribution in [3.8, 4) is 5.75 Å². The largest absolute Gasteiger partial charge is 0.496 e. The number of carbonyl (C=O) groups excluding carboxylic acids is 1. The number of likely N-dealkylation sites (tertiary alicyclic amines) is 1. The molecule has 0 spiro atoms. The van der Waals surface area contributed by atoms with Crippen LogP contribution in [-0.4, -0.2) is 42.5 Å². The Balaban J connectivity index is 1.60. The van der Waals surface area contributed by atoms with Crippen LogP contribution in [0.15, 0.2) is 54.6 Å². The van der Waals surface area contributed by atoms with Gasteiger partial charge in [0.25, 0.3) is 5.91 Å². The van der Waals surface area contributed by atoms with Crippen molar-refractivity contribution in [1.29, 1.82) is 0 Å². The van der Waals surface area contributed by atoms with Crippen molar-refractivity contribution in [3.05, 3.63) is 70.9 Å². The molecule has 1 fully saturated rings. The molecule has 0 saturated carbocycles. The lowest BCUT2D eigenvalue weighted by Gasteiger charge is -2.29. The Morgan fingerprint density at radius 3 is 2.69 bits per heavy atom. The number of aromatic nitrogens is 1. The molecule has 0 unspecified atom stereocenters. The van der Waals surface area contributed by atoms with E-state index in [-0.39, 0.29) is 11.9 Å².